The number of hydrazine groups is 1. The molecule has 0 unspecified atom stereocenters. The highest BCUT2D eigenvalue weighted by molar-refractivity contribution is 7.89. The average molecular weight is 420 g/mol. The van der Waals surface area contributed by atoms with Crippen molar-refractivity contribution < 1.29 is 17.9 Å². The minimum absolute atomic E-state index is 0.111. The Balaban J connectivity index is 1.54. The average Bonchev–Trinajstić information content (AvgIpc) is 3.25. The number of amides is 2. The maximum absolute atomic E-state index is 12.5. The summed E-state index contributed by atoms with van der Waals surface area (Å²) in [4.78, 5) is 12.1. The molecule has 1 saturated heterocycles. The number of anilines is 1. The zero-order valence-electron chi connectivity index (χ0n) is 16.1. The summed E-state index contributed by atoms with van der Waals surface area (Å²) >= 11 is 0. The number of sulfonamides is 1. The van der Waals surface area contributed by atoms with Crippen molar-refractivity contribution in [1.29, 1.82) is 0 Å². The van der Waals surface area contributed by atoms with Crippen molar-refractivity contribution >= 4 is 21.7 Å². The Morgan fingerprint density at radius 2 is 1.79 bits per heavy atom. The van der Waals surface area contributed by atoms with Crippen LogP contribution in [0.15, 0.2) is 53.4 Å². The van der Waals surface area contributed by atoms with Gasteiger partial charge in [-0.05, 0) is 30.3 Å². The van der Waals surface area contributed by atoms with Crippen molar-refractivity contribution in [2.24, 2.45) is 5.92 Å². The molecule has 1 heterocycles. The smallest absolute Gasteiger partial charge is 0.319 e. The van der Waals surface area contributed by atoms with Gasteiger partial charge in [0.2, 0.25) is 10.0 Å². The lowest BCUT2D eigenvalue weighted by Crippen LogP contribution is -2.34. The van der Waals surface area contributed by atoms with E-state index < -0.39 is 10.0 Å². The molecular weight excluding hydrogens is 394 g/mol. The van der Waals surface area contributed by atoms with Crippen LogP contribution in [-0.4, -0.2) is 41.2 Å². The van der Waals surface area contributed by atoms with E-state index in [0.29, 0.717) is 23.9 Å². The summed E-state index contributed by atoms with van der Waals surface area (Å²) in [6, 6.07) is 12.9. The standard InChI is InChI=1S/C19H25N5O4S/c1-28-18-5-3-2-4-15(18)13-23-29(26,27)17-8-6-16(7-9-17)24-19(25)20-10-14-11-21-22-12-14/h2-9,14,21-23H,10-13H2,1H3,(H2,20,24,25). The quantitative estimate of drug-likeness (QED) is 0.436. The van der Waals surface area contributed by atoms with Crippen LogP contribution in [0.25, 0.3) is 0 Å². The number of methoxy groups -OCH3 is 1. The lowest BCUT2D eigenvalue weighted by Gasteiger charge is -2.12. The first-order valence-electron chi connectivity index (χ1n) is 9.20. The predicted molar refractivity (Wildman–Crippen MR) is 110 cm³/mol. The molecule has 2 aromatic carbocycles. The highest BCUT2D eigenvalue weighted by Crippen LogP contribution is 2.19. The summed E-state index contributed by atoms with van der Waals surface area (Å²) < 4.78 is 32.8. The first-order valence-corrected chi connectivity index (χ1v) is 10.7. The number of carbonyl (C=O) groups is 1. The fraction of sp³-hybridized carbons (Fsp3) is 0.316. The predicted octanol–water partition coefficient (Wildman–Crippen LogP) is 1.02. The van der Waals surface area contributed by atoms with Crippen LogP contribution in [0.1, 0.15) is 5.56 Å². The molecule has 0 saturated carbocycles. The number of rotatable bonds is 8. The van der Waals surface area contributed by atoms with E-state index >= 15 is 0 Å². The van der Waals surface area contributed by atoms with Gasteiger partial charge in [-0.2, -0.15) is 0 Å². The minimum atomic E-state index is -3.70. The van der Waals surface area contributed by atoms with Crippen molar-refractivity contribution in [1.82, 2.24) is 20.9 Å². The minimum Gasteiger partial charge on any atom is -0.496 e. The fourth-order valence-corrected chi connectivity index (χ4v) is 3.89. The second kappa shape index (κ2) is 9.70. The van der Waals surface area contributed by atoms with Gasteiger partial charge in [0, 0.05) is 43.3 Å². The summed E-state index contributed by atoms with van der Waals surface area (Å²) in [6.07, 6.45) is 0. The number of hydrogen-bond acceptors (Lipinski definition) is 6. The largest absolute Gasteiger partial charge is 0.496 e. The Morgan fingerprint density at radius 3 is 2.48 bits per heavy atom. The van der Waals surface area contributed by atoms with Crippen LogP contribution in [0.5, 0.6) is 5.75 Å². The number of carbonyl (C=O) groups excluding carboxylic acids is 1. The van der Waals surface area contributed by atoms with Crippen LogP contribution in [0, 0.1) is 5.92 Å². The Kier molecular flexibility index (Phi) is 7.04. The van der Waals surface area contributed by atoms with E-state index in [4.69, 9.17) is 4.74 Å². The van der Waals surface area contributed by atoms with Crippen LogP contribution in [0.3, 0.4) is 0 Å². The molecule has 0 spiro atoms. The van der Waals surface area contributed by atoms with E-state index in [1.165, 1.54) is 19.2 Å². The summed E-state index contributed by atoms with van der Waals surface area (Å²) in [6.45, 7) is 2.26. The third-order valence-corrected chi connectivity index (χ3v) is 5.94. The van der Waals surface area contributed by atoms with Crippen molar-refractivity contribution in [3.05, 3.63) is 54.1 Å². The monoisotopic (exact) mass is 419 g/mol. The number of nitrogens with one attached hydrogen (secondary N) is 5. The summed E-state index contributed by atoms with van der Waals surface area (Å²) in [5, 5.41) is 5.49. The number of urea groups is 1. The summed E-state index contributed by atoms with van der Waals surface area (Å²) in [7, 11) is -2.16. The first-order chi connectivity index (χ1) is 14.0. The molecule has 29 heavy (non-hydrogen) atoms. The summed E-state index contributed by atoms with van der Waals surface area (Å²) in [5.74, 6) is 0.951. The number of para-hydroxylation sites is 1. The van der Waals surface area contributed by atoms with Crippen molar-refractivity contribution in [2.45, 2.75) is 11.4 Å². The Morgan fingerprint density at radius 1 is 1.10 bits per heavy atom. The Labute approximate surface area is 170 Å². The Hall–Kier alpha value is -2.66. The molecule has 1 fully saturated rings. The van der Waals surface area contributed by atoms with Gasteiger partial charge < -0.3 is 15.4 Å². The second-order valence-electron chi connectivity index (χ2n) is 6.62. The van der Waals surface area contributed by atoms with Crippen LogP contribution < -0.4 is 30.9 Å². The van der Waals surface area contributed by atoms with E-state index in [1.54, 1.807) is 24.3 Å². The van der Waals surface area contributed by atoms with Gasteiger partial charge in [0.25, 0.3) is 0 Å². The molecule has 0 radical (unpaired) electrons. The van der Waals surface area contributed by atoms with Gasteiger partial charge in [-0.3, -0.25) is 10.9 Å². The van der Waals surface area contributed by atoms with Gasteiger partial charge in [-0.1, -0.05) is 18.2 Å². The molecule has 3 rings (SSSR count). The third kappa shape index (κ3) is 5.91. The number of ether oxygens (including phenoxy) is 1. The third-order valence-electron chi connectivity index (χ3n) is 4.53. The summed E-state index contributed by atoms with van der Waals surface area (Å²) in [5.41, 5.74) is 7.25. The molecule has 9 nitrogen and oxygen atoms in total. The highest BCUT2D eigenvalue weighted by atomic mass is 32.2. The molecule has 0 bridgehead atoms. The lowest BCUT2D eigenvalue weighted by molar-refractivity contribution is 0.250. The maximum Gasteiger partial charge on any atom is 0.319 e. The maximum atomic E-state index is 12.5. The fourth-order valence-electron chi connectivity index (χ4n) is 2.88. The van der Waals surface area contributed by atoms with E-state index in [-0.39, 0.29) is 17.5 Å². The second-order valence-corrected chi connectivity index (χ2v) is 8.39. The molecule has 2 amide bonds. The zero-order valence-corrected chi connectivity index (χ0v) is 16.9. The first kappa shape index (κ1) is 21.1. The van der Waals surface area contributed by atoms with Gasteiger partial charge >= 0.3 is 6.03 Å². The van der Waals surface area contributed by atoms with Gasteiger partial charge in [0.15, 0.2) is 0 Å². The normalized spacial score (nSPS) is 14.5. The zero-order chi connectivity index (χ0) is 20.7. The van der Waals surface area contributed by atoms with E-state index in [0.717, 1.165) is 18.7 Å². The SMILES string of the molecule is COc1ccccc1CNS(=O)(=O)c1ccc(NC(=O)NCC2CNNC2)cc1. The number of hydrogen-bond donors (Lipinski definition) is 5. The lowest BCUT2D eigenvalue weighted by atomic mass is 10.2. The Bertz CT molecular complexity index is 928. The number of benzene rings is 2. The molecule has 5 N–H and O–H groups in total. The van der Waals surface area contributed by atoms with Gasteiger partial charge in [0.1, 0.15) is 5.75 Å². The molecule has 2 aromatic rings. The van der Waals surface area contributed by atoms with Crippen LogP contribution >= 0.6 is 0 Å². The molecule has 10 heteroatoms. The van der Waals surface area contributed by atoms with Crippen LogP contribution in [-0.2, 0) is 16.6 Å². The molecule has 0 aliphatic carbocycles. The molecule has 156 valence electrons. The van der Waals surface area contributed by atoms with Crippen molar-refractivity contribution in [3.63, 3.8) is 0 Å². The van der Waals surface area contributed by atoms with Gasteiger partial charge in [0.05, 0.1) is 12.0 Å². The van der Waals surface area contributed by atoms with Crippen molar-refractivity contribution in [3.8, 4) is 5.75 Å². The van der Waals surface area contributed by atoms with Crippen molar-refractivity contribution in [2.75, 3.05) is 32.1 Å². The molecular formula is C19H25N5O4S. The van der Waals surface area contributed by atoms with E-state index in [9.17, 15) is 13.2 Å². The highest BCUT2D eigenvalue weighted by Gasteiger charge is 2.16. The van der Waals surface area contributed by atoms with Gasteiger partial charge in [-0.15, -0.1) is 0 Å². The molecule has 0 atom stereocenters. The van der Waals surface area contributed by atoms with E-state index in [1.807, 2.05) is 12.1 Å². The van der Waals surface area contributed by atoms with Crippen LogP contribution in [0.2, 0.25) is 0 Å². The molecule has 1 aliphatic heterocycles. The topological polar surface area (TPSA) is 121 Å². The van der Waals surface area contributed by atoms with Gasteiger partial charge in [-0.25, -0.2) is 17.9 Å². The van der Waals surface area contributed by atoms with E-state index in [2.05, 4.69) is 26.2 Å². The molecule has 1 aliphatic rings. The van der Waals surface area contributed by atoms with Crippen LogP contribution in [0.4, 0.5) is 10.5 Å². The molecule has 0 aromatic heterocycles.